The summed E-state index contributed by atoms with van der Waals surface area (Å²) in [5.41, 5.74) is -0.802. The van der Waals surface area contributed by atoms with E-state index in [1.807, 2.05) is 0 Å². The lowest BCUT2D eigenvalue weighted by atomic mass is 9.88. The highest BCUT2D eigenvalue weighted by Crippen LogP contribution is 2.20. The molecule has 0 aromatic carbocycles. The lowest BCUT2D eigenvalue weighted by molar-refractivity contribution is -0.170. The van der Waals surface area contributed by atoms with Crippen molar-refractivity contribution in [3.8, 4) is 0 Å². The van der Waals surface area contributed by atoms with Crippen LogP contribution >= 0.6 is 0 Å². The number of rotatable bonds is 5. The van der Waals surface area contributed by atoms with Gasteiger partial charge in [0.25, 0.3) is 0 Å². The predicted molar refractivity (Wildman–Crippen MR) is 48.8 cm³/mol. The van der Waals surface area contributed by atoms with E-state index < -0.39 is 5.41 Å². The SMILES string of the molecule is C=C[C@@](C)(C=O)CC(=O)N(C)OC. The molecular formula is C9H15NO3. The van der Waals surface area contributed by atoms with Gasteiger partial charge in [-0.2, -0.15) is 0 Å². The first kappa shape index (κ1) is 11.8. The van der Waals surface area contributed by atoms with E-state index in [1.165, 1.54) is 20.2 Å². The largest absolute Gasteiger partial charge is 0.302 e. The van der Waals surface area contributed by atoms with Gasteiger partial charge in [0.15, 0.2) is 0 Å². The maximum Gasteiger partial charge on any atom is 0.247 e. The quantitative estimate of drug-likeness (QED) is 0.361. The molecule has 0 aliphatic carbocycles. The second-order valence-corrected chi connectivity index (χ2v) is 3.08. The monoisotopic (exact) mass is 185 g/mol. The summed E-state index contributed by atoms with van der Waals surface area (Å²) in [6.45, 7) is 5.15. The first-order chi connectivity index (χ1) is 5.99. The Bertz CT molecular complexity index is 205. The molecule has 0 unspecified atom stereocenters. The average Bonchev–Trinajstić information content (AvgIpc) is 2.16. The van der Waals surface area contributed by atoms with Crippen LogP contribution in [0.25, 0.3) is 0 Å². The molecule has 4 heteroatoms. The van der Waals surface area contributed by atoms with Crippen molar-refractivity contribution in [1.82, 2.24) is 5.06 Å². The molecule has 0 radical (unpaired) electrons. The summed E-state index contributed by atoms with van der Waals surface area (Å²) in [5, 5.41) is 1.09. The van der Waals surface area contributed by atoms with E-state index in [-0.39, 0.29) is 12.3 Å². The Hall–Kier alpha value is -1.16. The van der Waals surface area contributed by atoms with Gasteiger partial charge in [-0.25, -0.2) is 5.06 Å². The Kier molecular flexibility index (Phi) is 4.34. The highest BCUT2D eigenvalue weighted by molar-refractivity contribution is 5.80. The highest BCUT2D eigenvalue weighted by atomic mass is 16.7. The second-order valence-electron chi connectivity index (χ2n) is 3.08. The van der Waals surface area contributed by atoms with Crippen LogP contribution in [-0.4, -0.2) is 31.4 Å². The van der Waals surface area contributed by atoms with Gasteiger partial charge in [0.2, 0.25) is 5.91 Å². The Morgan fingerprint density at radius 3 is 2.54 bits per heavy atom. The van der Waals surface area contributed by atoms with Gasteiger partial charge in [0, 0.05) is 18.9 Å². The van der Waals surface area contributed by atoms with Crippen LogP contribution in [-0.2, 0) is 14.4 Å². The third kappa shape index (κ3) is 3.38. The Balaban J connectivity index is 4.33. The lowest BCUT2D eigenvalue weighted by Gasteiger charge is -2.20. The van der Waals surface area contributed by atoms with Crippen LogP contribution in [0.1, 0.15) is 13.3 Å². The van der Waals surface area contributed by atoms with Crippen molar-refractivity contribution in [2.24, 2.45) is 5.41 Å². The fourth-order valence-corrected chi connectivity index (χ4v) is 0.701. The zero-order valence-corrected chi connectivity index (χ0v) is 8.24. The van der Waals surface area contributed by atoms with Crippen LogP contribution in [0.2, 0.25) is 0 Å². The average molecular weight is 185 g/mol. The molecule has 0 fully saturated rings. The molecule has 0 aliphatic rings. The highest BCUT2D eigenvalue weighted by Gasteiger charge is 2.25. The van der Waals surface area contributed by atoms with Crippen molar-refractivity contribution in [2.75, 3.05) is 14.2 Å². The standard InChI is InChI=1S/C9H15NO3/c1-5-9(2,7-11)6-8(12)10(3)13-4/h5,7H,1,6H2,2-4H3/t9-/m1/s1. The van der Waals surface area contributed by atoms with Crippen molar-refractivity contribution in [2.45, 2.75) is 13.3 Å². The van der Waals surface area contributed by atoms with Crippen molar-refractivity contribution in [3.63, 3.8) is 0 Å². The minimum absolute atomic E-state index is 0.0737. The number of allylic oxidation sites excluding steroid dienone is 1. The molecule has 0 heterocycles. The van der Waals surface area contributed by atoms with Crippen molar-refractivity contribution in [1.29, 1.82) is 0 Å². The van der Waals surface area contributed by atoms with Crippen LogP contribution in [0.4, 0.5) is 0 Å². The molecule has 4 nitrogen and oxygen atoms in total. The molecule has 0 rings (SSSR count). The third-order valence-electron chi connectivity index (χ3n) is 1.89. The molecule has 0 spiro atoms. The molecular weight excluding hydrogens is 170 g/mol. The van der Waals surface area contributed by atoms with E-state index >= 15 is 0 Å². The van der Waals surface area contributed by atoms with E-state index in [2.05, 4.69) is 11.4 Å². The third-order valence-corrected chi connectivity index (χ3v) is 1.89. The van der Waals surface area contributed by atoms with Crippen molar-refractivity contribution < 1.29 is 14.4 Å². The van der Waals surface area contributed by atoms with E-state index in [4.69, 9.17) is 0 Å². The molecule has 1 atom stereocenters. The Morgan fingerprint density at radius 2 is 2.23 bits per heavy atom. The number of hydrogen-bond donors (Lipinski definition) is 0. The lowest BCUT2D eigenvalue weighted by Crippen LogP contribution is -2.31. The van der Waals surface area contributed by atoms with E-state index in [0.717, 1.165) is 5.06 Å². The number of carbonyl (C=O) groups is 2. The number of hydroxylamine groups is 2. The Morgan fingerprint density at radius 1 is 1.69 bits per heavy atom. The predicted octanol–water partition coefficient (Wildman–Crippen LogP) is 0.787. The van der Waals surface area contributed by atoms with Gasteiger partial charge in [-0.05, 0) is 6.92 Å². The second kappa shape index (κ2) is 4.77. The molecule has 1 amide bonds. The van der Waals surface area contributed by atoms with Crippen LogP contribution < -0.4 is 0 Å². The van der Waals surface area contributed by atoms with Gasteiger partial charge in [-0.1, -0.05) is 6.08 Å². The van der Waals surface area contributed by atoms with E-state index in [0.29, 0.717) is 6.29 Å². The fourth-order valence-electron chi connectivity index (χ4n) is 0.701. The summed E-state index contributed by atoms with van der Waals surface area (Å²) in [6.07, 6.45) is 2.24. The van der Waals surface area contributed by atoms with Gasteiger partial charge in [-0.3, -0.25) is 9.63 Å². The van der Waals surface area contributed by atoms with E-state index in [1.54, 1.807) is 6.92 Å². The van der Waals surface area contributed by atoms with Gasteiger partial charge in [-0.15, -0.1) is 6.58 Å². The molecule has 0 saturated heterocycles. The number of aldehydes is 1. The normalized spacial score (nSPS) is 14.4. The summed E-state index contributed by atoms with van der Waals surface area (Å²) in [7, 11) is 2.89. The number of hydrogen-bond acceptors (Lipinski definition) is 3. The van der Waals surface area contributed by atoms with Crippen LogP contribution in [0.3, 0.4) is 0 Å². The first-order valence-electron chi connectivity index (χ1n) is 3.89. The van der Waals surface area contributed by atoms with Crippen molar-refractivity contribution in [3.05, 3.63) is 12.7 Å². The van der Waals surface area contributed by atoms with Gasteiger partial charge in [0.1, 0.15) is 6.29 Å². The number of carbonyl (C=O) groups excluding carboxylic acids is 2. The minimum Gasteiger partial charge on any atom is -0.302 e. The summed E-state index contributed by atoms with van der Waals surface area (Å²) >= 11 is 0. The van der Waals surface area contributed by atoms with E-state index in [9.17, 15) is 9.59 Å². The molecule has 0 saturated carbocycles. The van der Waals surface area contributed by atoms with Crippen LogP contribution in [0, 0.1) is 5.41 Å². The van der Waals surface area contributed by atoms with Gasteiger partial charge < -0.3 is 4.79 Å². The van der Waals surface area contributed by atoms with Crippen LogP contribution in [0.5, 0.6) is 0 Å². The molecule has 13 heavy (non-hydrogen) atoms. The smallest absolute Gasteiger partial charge is 0.247 e. The maximum absolute atomic E-state index is 11.3. The van der Waals surface area contributed by atoms with Gasteiger partial charge >= 0.3 is 0 Å². The molecule has 0 aromatic heterocycles. The molecule has 0 N–H and O–H groups in total. The number of amides is 1. The van der Waals surface area contributed by atoms with Gasteiger partial charge in [0.05, 0.1) is 7.11 Å². The molecule has 74 valence electrons. The molecule has 0 aromatic rings. The summed E-state index contributed by atoms with van der Waals surface area (Å²) < 4.78 is 0. The summed E-state index contributed by atoms with van der Waals surface area (Å²) in [4.78, 5) is 26.6. The zero-order chi connectivity index (χ0) is 10.5. The summed E-state index contributed by atoms with van der Waals surface area (Å²) in [6, 6.07) is 0. The fraction of sp³-hybridized carbons (Fsp3) is 0.556. The minimum atomic E-state index is -0.802. The molecule has 0 bridgehead atoms. The Labute approximate surface area is 78.1 Å². The summed E-state index contributed by atoms with van der Waals surface area (Å²) in [5.74, 6) is -0.253. The first-order valence-corrected chi connectivity index (χ1v) is 3.89. The van der Waals surface area contributed by atoms with Crippen molar-refractivity contribution >= 4 is 12.2 Å². The number of nitrogens with zero attached hydrogens (tertiary/aromatic N) is 1. The zero-order valence-electron chi connectivity index (χ0n) is 8.24. The molecule has 0 aliphatic heterocycles. The van der Waals surface area contributed by atoms with Crippen LogP contribution in [0.15, 0.2) is 12.7 Å². The maximum atomic E-state index is 11.3. The topological polar surface area (TPSA) is 46.6 Å².